The second kappa shape index (κ2) is 8.21. The zero-order valence-electron chi connectivity index (χ0n) is 13.9. The molecule has 0 bridgehead atoms. The van der Waals surface area contributed by atoms with Crippen LogP contribution < -0.4 is 19.9 Å². The van der Waals surface area contributed by atoms with Crippen LogP contribution in [0.1, 0.15) is 17.2 Å². The van der Waals surface area contributed by atoms with E-state index in [-0.39, 0.29) is 0 Å². The van der Waals surface area contributed by atoms with E-state index in [9.17, 15) is 4.79 Å². The molecule has 0 aromatic heterocycles. The summed E-state index contributed by atoms with van der Waals surface area (Å²) in [5.41, 5.74) is 7.44. The highest BCUT2D eigenvalue weighted by Gasteiger charge is 2.23. The summed E-state index contributed by atoms with van der Waals surface area (Å²) in [4.78, 5) is 11.8. The van der Waals surface area contributed by atoms with Crippen LogP contribution in [0.15, 0.2) is 42.5 Å². The first kappa shape index (κ1) is 17.6. The zero-order valence-corrected chi connectivity index (χ0v) is 13.9. The zero-order chi connectivity index (χ0) is 17.5. The molecule has 0 saturated carbocycles. The fraction of sp³-hybridized carbons (Fsp3) is 0.278. The van der Waals surface area contributed by atoms with Gasteiger partial charge in [0.2, 0.25) is 0 Å². The lowest BCUT2D eigenvalue weighted by atomic mass is 10.1. The fourth-order valence-electron chi connectivity index (χ4n) is 2.23. The Morgan fingerprint density at radius 1 is 1.00 bits per heavy atom. The molecule has 6 heteroatoms. The maximum Gasteiger partial charge on any atom is 0.327 e. The van der Waals surface area contributed by atoms with Gasteiger partial charge in [0.1, 0.15) is 18.4 Å². The van der Waals surface area contributed by atoms with Gasteiger partial charge in [0, 0.05) is 11.6 Å². The first-order valence-corrected chi connectivity index (χ1v) is 7.36. The van der Waals surface area contributed by atoms with Crippen molar-refractivity contribution in [1.82, 2.24) is 0 Å². The van der Waals surface area contributed by atoms with E-state index in [1.807, 2.05) is 30.3 Å². The van der Waals surface area contributed by atoms with E-state index in [1.54, 1.807) is 12.1 Å². The van der Waals surface area contributed by atoms with Gasteiger partial charge in [0.25, 0.3) is 0 Å². The first-order chi connectivity index (χ1) is 11.6. The SMILES string of the molecule is COC(=O)[C@@H](N)c1cc(OC)c(OC)cc1OCc1ccccc1. The predicted octanol–water partition coefficient (Wildman–Crippen LogP) is 2.46. The van der Waals surface area contributed by atoms with Gasteiger partial charge in [-0.15, -0.1) is 0 Å². The third-order valence-corrected chi connectivity index (χ3v) is 3.54. The number of rotatable bonds is 7. The lowest BCUT2D eigenvalue weighted by Crippen LogP contribution is -2.23. The van der Waals surface area contributed by atoms with Gasteiger partial charge in [-0.3, -0.25) is 4.79 Å². The standard InChI is InChI=1S/C18H21NO5/c1-21-15-9-13(17(19)18(20)23-3)14(10-16(15)22-2)24-11-12-7-5-4-6-8-12/h4-10,17H,11,19H2,1-3H3/t17-/m0/s1. The molecule has 2 aromatic rings. The average Bonchev–Trinajstić information content (AvgIpc) is 2.65. The normalized spacial score (nSPS) is 11.5. The second-order valence-corrected chi connectivity index (χ2v) is 5.02. The van der Waals surface area contributed by atoms with Crippen molar-refractivity contribution < 1.29 is 23.7 Å². The molecule has 0 heterocycles. The predicted molar refractivity (Wildman–Crippen MR) is 89.3 cm³/mol. The summed E-state index contributed by atoms with van der Waals surface area (Å²) in [6.07, 6.45) is 0. The number of benzene rings is 2. The Morgan fingerprint density at radius 3 is 2.21 bits per heavy atom. The molecule has 0 unspecified atom stereocenters. The van der Waals surface area contributed by atoms with Crippen LogP contribution in [0.2, 0.25) is 0 Å². The molecule has 0 radical (unpaired) electrons. The topological polar surface area (TPSA) is 80.0 Å². The van der Waals surface area contributed by atoms with Crippen molar-refractivity contribution in [1.29, 1.82) is 0 Å². The van der Waals surface area contributed by atoms with E-state index in [1.165, 1.54) is 21.3 Å². The molecule has 0 aliphatic heterocycles. The van der Waals surface area contributed by atoms with Crippen molar-refractivity contribution in [2.75, 3.05) is 21.3 Å². The molecule has 128 valence electrons. The van der Waals surface area contributed by atoms with Gasteiger partial charge in [-0.2, -0.15) is 0 Å². The molecule has 0 fully saturated rings. The number of hydrogen-bond donors (Lipinski definition) is 1. The van der Waals surface area contributed by atoms with Gasteiger partial charge in [-0.1, -0.05) is 30.3 Å². The van der Waals surface area contributed by atoms with E-state index in [0.29, 0.717) is 29.4 Å². The van der Waals surface area contributed by atoms with Gasteiger partial charge in [-0.05, 0) is 11.6 Å². The maximum absolute atomic E-state index is 11.8. The van der Waals surface area contributed by atoms with E-state index in [2.05, 4.69) is 0 Å². The molecule has 0 spiro atoms. The summed E-state index contributed by atoms with van der Waals surface area (Å²) in [5.74, 6) is 0.821. The number of nitrogens with two attached hydrogens (primary N) is 1. The molecular weight excluding hydrogens is 310 g/mol. The molecule has 0 amide bonds. The van der Waals surface area contributed by atoms with E-state index in [4.69, 9.17) is 24.7 Å². The first-order valence-electron chi connectivity index (χ1n) is 7.36. The number of methoxy groups -OCH3 is 3. The summed E-state index contributed by atoms with van der Waals surface area (Å²) in [6, 6.07) is 12.0. The molecular formula is C18H21NO5. The van der Waals surface area contributed by atoms with E-state index in [0.717, 1.165) is 5.56 Å². The van der Waals surface area contributed by atoms with Crippen LogP contribution in [0.3, 0.4) is 0 Å². The lowest BCUT2D eigenvalue weighted by Gasteiger charge is -2.18. The quantitative estimate of drug-likeness (QED) is 0.785. The third kappa shape index (κ3) is 3.97. The van der Waals surface area contributed by atoms with Gasteiger partial charge < -0.3 is 24.7 Å². The molecule has 2 rings (SSSR count). The van der Waals surface area contributed by atoms with Crippen LogP contribution in [-0.4, -0.2) is 27.3 Å². The summed E-state index contributed by atoms with van der Waals surface area (Å²) in [6.45, 7) is 0.331. The monoisotopic (exact) mass is 331 g/mol. The Balaban J connectivity index is 2.36. The Labute approximate surface area is 141 Å². The molecule has 24 heavy (non-hydrogen) atoms. The fourth-order valence-corrected chi connectivity index (χ4v) is 2.23. The number of ether oxygens (including phenoxy) is 4. The number of esters is 1. The number of carbonyl (C=O) groups is 1. The highest BCUT2D eigenvalue weighted by Crippen LogP contribution is 2.37. The summed E-state index contributed by atoms with van der Waals surface area (Å²) < 4.78 is 21.1. The minimum Gasteiger partial charge on any atom is -0.493 e. The van der Waals surface area contributed by atoms with Crippen LogP contribution >= 0.6 is 0 Å². The second-order valence-electron chi connectivity index (χ2n) is 5.02. The summed E-state index contributed by atoms with van der Waals surface area (Å²) >= 11 is 0. The Morgan fingerprint density at radius 2 is 1.62 bits per heavy atom. The van der Waals surface area contributed by atoms with Crippen LogP contribution in [0.25, 0.3) is 0 Å². The van der Waals surface area contributed by atoms with Crippen LogP contribution in [0.4, 0.5) is 0 Å². The van der Waals surface area contributed by atoms with Gasteiger partial charge in [0.15, 0.2) is 11.5 Å². The Bertz CT molecular complexity index is 687. The lowest BCUT2D eigenvalue weighted by molar-refractivity contribution is -0.142. The Hall–Kier alpha value is -2.73. The van der Waals surface area contributed by atoms with Crippen LogP contribution in [0, 0.1) is 0 Å². The molecule has 0 saturated heterocycles. The van der Waals surface area contributed by atoms with Crippen molar-refractivity contribution in [2.45, 2.75) is 12.6 Å². The smallest absolute Gasteiger partial charge is 0.327 e. The van der Waals surface area contributed by atoms with E-state index >= 15 is 0 Å². The van der Waals surface area contributed by atoms with Crippen molar-refractivity contribution in [3.63, 3.8) is 0 Å². The third-order valence-electron chi connectivity index (χ3n) is 3.54. The summed E-state index contributed by atoms with van der Waals surface area (Å²) in [7, 11) is 4.32. The van der Waals surface area contributed by atoms with Gasteiger partial charge >= 0.3 is 5.97 Å². The molecule has 0 aliphatic rings. The average molecular weight is 331 g/mol. The molecule has 1 atom stereocenters. The van der Waals surface area contributed by atoms with Gasteiger partial charge in [-0.25, -0.2) is 0 Å². The highest BCUT2D eigenvalue weighted by atomic mass is 16.5. The minimum absolute atomic E-state index is 0.331. The van der Waals surface area contributed by atoms with Crippen LogP contribution in [-0.2, 0) is 16.1 Å². The minimum atomic E-state index is -0.986. The maximum atomic E-state index is 11.8. The largest absolute Gasteiger partial charge is 0.493 e. The Kier molecular flexibility index (Phi) is 6.03. The van der Waals surface area contributed by atoms with Crippen molar-refractivity contribution in [3.05, 3.63) is 53.6 Å². The van der Waals surface area contributed by atoms with Crippen molar-refractivity contribution >= 4 is 5.97 Å². The number of hydrogen-bond acceptors (Lipinski definition) is 6. The van der Waals surface area contributed by atoms with Crippen molar-refractivity contribution in [3.8, 4) is 17.2 Å². The highest BCUT2D eigenvalue weighted by molar-refractivity contribution is 5.79. The van der Waals surface area contributed by atoms with Crippen molar-refractivity contribution in [2.24, 2.45) is 5.73 Å². The van der Waals surface area contributed by atoms with E-state index < -0.39 is 12.0 Å². The molecule has 0 aliphatic carbocycles. The molecule has 2 N–H and O–H groups in total. The summed E-state index contributed by atoms with van der Waals surface area (Å²) in [5, 5.41) is 0. The number of carbonyl (C=O) groups excluding carboxylic acids is 1. The van der Waals surface area contributed by atoms with Crippen LogP contribution in [0.5, 0.6) is 17.2 Å². The van der Waals surface area contributed by atoms with Gasteiger partial charge in [0.05, 0.1) is 21.3 Å². The molecule has 2 aromatic carbocycles. The molecule has 6 nitrogen and oxygen atoms in total.